The molecule has 0 radical (unpaired) electrons. The first kappa shape index (κ1) is 44.9. The summed E-state index contributed by atoms with van der Waals surface area (Å²) in [6.45, 7) is 13.0. The second-order valence-corrected chi connectivity index (χ2v) is 18.1. The van der Waals surface area contributed by atoms with Gasteiger partial charge in [-0.2, -0.15) is 0 Å². The number of piperidine rings is 1. The number of hydrogen-bond donors (Lipinski definition) is 2. The fraction of sp³-hybridized carbons (Fsp3) is 0.426. The lowest BCUT2D eigenvalue weighted by molar-refractivity contribution is -0.137. The Morgan fingerprint density at radius 2 is 1.55 bits per heavy atom. The number of amides is 3. The molecule has 2 saturated heterocycles. The topological polar surface area (TPSA) is 103 Å². The van der Waals surface area contributed by atoms with E-state index in [0.717, 1.165) is 70.9 Å². The molecule has 10 nitrogen and oxygen atoms in total. The molecule has 6 rings (SSSR count). The van der Waals surface area contributed by atoms with Crippen LogP contribution in [-0.4, -0.2) is 96.0 Å². The maximum atomic E-state index is 14.3. The number of nitrogens with zero attached hydrogens (tertiary/aromatic N) is 3. The van der Waals surface area contributed by atoms with Crippen LogP contribution in [0.25, 0.3) is 11.1 Å². The molecule has 0 bridgehead atoms. The van der Waals surface area contributed by atoms with Crippen LogP contribution in [-0.2, 0) is 33.8 Å². The van der Waals surface area contributed by atoms with Crippen molar-refractivity contribution < 1.29 is 28.2 Å². The second kappa shape index (κ2) is 21.3. The Labute approximate surface area is 363 Å². The van der Waals surface area contributed by atoms with Gasteiger partial charge >= 0.3 is 12.2 Å². The molecule has 2 aliphatic heterocycles. The normalized spacial score (nSPS) is 15.9. The van der Waals surface area contributed by atoms with Crippen molar-refractivity contribution in [3.8, 4) is 11.1 Å². The van der Waals surface area contributed by atoms with Gasteiger partial charge in [0.1, 0.15) is 24.1 Å². The van der Waals surface area contributed by atoms with E-state index < -0.39 is 23.8 Å². The summed E-state index contributed by atoms with van der Waals surface area (Å²) in [6, 6.07) is 27.2. The molecule has 13 heteroatoms. The molecule has 0 saturated carbocycles. The molecule has 2 fully saturated rings. The van der Waals surface area contributed by atoms with Crippen LogP contribution in [0.1, 0.15) is 57.2 Å². The summed E-state index contributed by atoms with van der Waals surface area (Å²) in [5, 5.41) is 6.55. The highest BCUT2D eigenvalue weighted by molar-refractivity contribution is 7.99. The van der Waals surface area contributed by atoms with E-state index in [9.17, 15) is 18.8 Å². The molecular weight excluding hydrogens is 801 g/mol. The number of carbonyl (C=O) groups excluding carboxylic acids is 3. The zero-order valence-electron chi connectivity index (χ0n) is 35.1. The number of nitrogens with one attached hydrogen (secondary N) is 2. The van der Waals surface area contributed by atoms with Crippen LogP contribution in [0.3, 0.4) is 0 Å². The van der Waals surface area contributed by atoms with Gasteiger partial charge in [0.2, 0.25) is 5.91 Å². The van der Waals surface area contributed by atoms with Crippen LogP contribution < -0.4 is 10.6 Å². The number of alkyl carbamates (subject to hydrolysis) is 1. The van der Waals surface area contributed by atoms with Crippen molar-refractivity contribution in [2.45, 2.75) is 76.6 Å². The summed E-state index contributed by atoms with van der Waals surface area (Å²) in [7, 11) is 0. The summed E-state index contributed by atoms with van der Waals surface area (Å²) >= 11 is 8.17. The molecule has 320 valence electrons. The Morgan fingerprint density at radius 1 is 0.833 bits per heavy atom. The fourth-order valence-electron chi connectivity index (χ4n) is 7.85. The highest BCUT2D eigenvalue weighted by Gasteiger charge is 2.37. The molecule has 2 aliphatic rings. The molecule has 1 atom stereocenters. The lowest BCUT2D eigenvalue weighted by atomic mass is 9.88. The van der Waals surface area contributed by atoms with Crippen molar-refractivity contribution >= 4 is 47.1 Å². The second-order valence-electron chi connectivity index (χ2n) is 16.4. The number of anilines is 1. The van der Waals surface area contributed by atoms with Gasteiger partial charge in [-0.1, -0.05) is 79.2 Å². The number of halogens is 2. The van der Waals surface area contributed by atoms with Crippen LogP contribution in [0.2, 0.25) is 5.02 Å². The van der Waals surface area contributed by atoms with E-state index in [1.807, 2.05) is 105 Å². The molecule has 2 N–H and O–H groups in total. The molecule has 4 aromatic rings. The highest BCUT2D eigenvalue weighted by Crippen LogP contribution is 2.34. The van der Waals surface area contributed by atoms with Crippen molar-refractivity contribution in [3.63, 3.8) is 0 Å². The van der Waals surface area contributed by atoms with Crippen molar-refractivity contribution in [2.24, 2.45) is 5.92 Å². The minimum absolute atomic E-state index is 0.0727. The molecule has 0 aromatic heterocycles. The van der Waals surface area contributed by atoms with Gasteiger partial charge in [-0.3, -0.25) is 15.0 Å². The first-order chi connectivity index (χ1) is 28.8. The number of para-hydroxylation sites is 1. The number of likely N-dealkylation sites (tertiary alicyclic amines) is 1. The Bertz CT molecular complexity index is 2070. The average Bonchev–Trinajstić information content (AvgIpc) is 3.23. The molecule has 0 unspecified atom stereocenters. The Hall–Kier alpha value is -4.62. The lowest BCUT2D eigenvalue weighted by Crippen LogP contribution is -2.58. The third-order valence-corrected chi connectivity index (χ3v) is 12.1. The number of thioether (sulfide) groups is 1. The fourth-order valence-corrected chi connectivity index (χ4v) is 8.87. The van der Waals surface area contributed by atoms with E-state index >= 15 is 0 Å². The van der Waals surface area contributed by atoms with Gasteiger partial charge in [-0.15, -0.1) is 11.8 Å². The van der Waals surface area contributed by atoms with E-state index in [1.165, 1.54) is 6.07 Å². The van der Waals surface area contributed by atoms with Crippen LogP contribution >= 0.6 is 23.4 Å². The molecule has 4 aromatic carbocycles. The maximum Gasteiger partial charge on any atom is 0.412 e. The summed E-state index contributed by atoms with van der Waals surface area (Å²) in [5.41, 5.74) is 4.87. The summed E-state index contributed by atoms with van der Waals surface area (Å²) in [5.74, 6) is 0.459. The minimum Gasteiger partial charge on any atom is -0.445 e. The number of rotatable bonds is 14. The van der Waals surface area contributed by atoms with E-state index in [0.29, 0.717) is 49.9 Å². The van der Waals surface area contributed by atoms with Gasteiger partial charge in [0, 0.05) is 54.8 Å². The molecular formula is C47H57ClFN5O5S. The van der Waals surface area contributed by atoms with Crippen LogP contribution in [0.5, 0.6) is 0 Å². The monoisotopic (exact) mass is 857 g/mol. The quantitative estimate of drug-likeness (QED) is 0.121. The molecule has 2 heterocycles. The first-order valence-electron chi connectivity index (χ1n) is 20.8. The van der Waals surface area contributed by atoms with Crippen molar-refractivity contribution in [3.05, 3.63) is 119 Å². The predicted octanol–water partition coefficient (Wildman–Crippen LogP) is 9.50. The standard InChI is InChI=1S/C47H57ClFN5O5S/c1-5-60-42-30-38(49)17-15-36(42)31-53-25-27-54(28-26-53)44(55)43(51-45(56)58-32-33-11-7-6-8-12-33)34-19-22-52(23-20-34)24-21-35-29-37(48)16-18-39(35)40-13-9-10-14-41(40)50-46(57)59-47(2,3)4/h6-18,29-30,34,43H,5,19-28,31-32H2,1-4H3,(H,50,57)(H,51,56)/t43-/m1/s1. The third-order valence-electron chi connectivity index (χ3n) is 10.9. The van der Waals surface area contributed by atoms with Gasteiger partial charge in [0.25, 0.3) is 0 Å². The number of ether oxygens (including phenoxy) is 2. The van der Waals surface area contributed by atoms with Crippen LogP contribution in [0.15, 0.2) is 95.9 Å². The van der Waals surface area contributed by atoms with E-state index in [4.69, 9.17) is 21.1 Å². The zero-order chi connectivity index (χ0) is 42.6. The molecule has 60 heavy (non-hydrogen) atoms. The summed E-state index contributed by atoms with van der Waals surface area (Å²) in [6.07, 6.45) is 1.04. The third kappa shape index (κ3) is 12.9. The Morgan fingerprint density at radius 3 is 2.27 bits per heavy atom. The Balaban J connectivity index is 1.09. The average molecular weight is 859 g/mol. The summed E-state index contributed by atoms with van der Waals surface area (Å²) in [4.78, 5) is 47.8. The molecule has 0 spiro atoms. The largest absolute Gasteiger partial charge is 0.445 e. The van der Waals surface area contributed by atoms with E-state index in [1.54, 1.807) is 17.8 Å². The smallest absolute Gasteiger partial charge is 0.412 e. The first-order valence-corrected chi connectivity index (χ1v) is 22.2. The number of piperazine rings is 1. The van der Waals surface area contributed by atoms with Gasteiger partial charge in [-0.25, -0.2) is 14.0 Å². The van der Waals surface area contributed by atoms with Crippen molar-refractivity contribution in [1.82, 2.24) is 20.0 Å². The van der Waals surface area contributed by atoms with Crippen LogP contribution in [0.4, 0.5) is 19.7 Å². The number of benzene rings is 4. The highest BCUT2D eigenvalue weighted by atomic mass is 35.5. The SMILES string of the molecule is CCSc1cc(F)ccc1CN1CCN(C(=O)[C@H](NC(=O)OCc2ccccc2)C2CCN(CCc3cc(Cl)ccc3-c3ccccc3NC(=O)OC(C)(C)C)CC2)CC1. The van der Waals surface area contributed by atoms with Gasteiger partial charge in [-0.05, 0) is 117 Å². The van der Waals surface area contributed by atoms with Crippen molar-refractivity contribution in [1.29, 1.82) is 0 Å². The van der Waals surface area contributed by atoms with Gasteiger partial charge in [0.05, 0.1) is 5.69 Å². The van der Waals surface area contributed by atoms with Gasteiger partial charge < -0.3 is 24.6 Å². The Kier molecular flexibility index (Phi) is 15.9. The summed E-state index contributed by atoms with van der Waals surface area (Å²) < 4.78 is 25.2. The van der Waals surface area contributed by atoms with E-state index in [2.05, 4.69) is 27.4 Å². The van der Waals surface area contributed by atoms with Gasteiger partial charge in [0.15, 0.2) is 0 Å². The number of hydrogen-bond acceptors (Lipinski definition) is 8. The zero-order valence-corrected chi connectivity index (χ0v) is 36.6. The lowest BCUT2D eigenvalue weighted by Gasteiger charge is -2.40. The van der Waals surface area contributed by atoms with Crippen LogP contribution in [0, 0.1) is 11.7 Å². The molecule has 3 amide bonds. The maximum absolute atomic E-state index is 14.3. The number of carbonyl (C=O) groups is 3. The predicted molar refractivity (Wildman–Crippen MR) is 238 cm³/mol. The van der Waals surface area contributed by atoms with E-state index in [-0.39, 0.29) is 24.2 Å². The molecule has 0 aliphatic carbocycles. The minimum atomic E-state index is -0.722. The van der Waals surface area contributed by atoms with Crippen molar-refractivity contribution in [2.75, 3.05) is 56.9 Å².